The van der Waals surface area contributed by atoms with Crippen LogP contribution in [0.4, 0.5) is 0 Å². The number of carbonyl (C=O) groups is 1. The quantitative estimate of drug-likeness (QED) is 0.632. The van der Waals surface area contributed by atoms with E-state index in [1.165, 1.54) is 11.3 Å². The first-order chi connectivity index (χ1) is 8.97. The van der Waals surface area contributed by atoms with E-state index in [4.69, 9.17) is 0 Å². The molecule has 1 aromatic carbocycles. The lowest BCUT2D eigenvalue weighted by molar-refractivity contribution is 0.0944. The molecule has 19 heavy (non-hydrogen) atoms. The van der Waals surface area contributed by atoms with E-state index in [0.717, 1.165) is 18.3 Å². The highest BCUT2D eigenvalue weighted by Crippen LogP contribution is 2.32. The Balaban J connectivity index is 2.10. The Kier molecular flexibility index (Phi) is 5.22. The lowest BCUT2D eigenvalue weighted by Crippen LogP contribution is -2.25. The summed E-state index contributed by atoms with van der Waals surface area (Å²) < 4.78 is 2.83. The largest absolute Gasteiger partial charge is 0.345 e. The second-order valence-electron chi connectivity index (χ2n) is 3.98. The summed E-state index contributed by atoms with van der Waals surface area (Å²) in [5.41, 5.74) is 1.07. The van der Waals surface area contributed by atoms with E-state index in [0.29, 0.717) is 4.88 Å². The van der Waals surface area contributed by atoms with Crippen LogP contribution >= 0.6 is 59.1 Å². The molecule has 1 aromatic heterocycles. The van der Waals surface area contributed by atoms with Gasteiger partial charge in [-0.1, -0.05) is 28.1 Å². The smallest absolute Gasteiger partial charge is 0.261 e. The van der Waals surface area contributed by atoms with Gasteiger partial charge in [-0.2, -0.15) is 0 Å². The van der Waals surface area contributed by atoms with Gasteiger partial charge in [-0.3, -0.25) is 4.79 Å². The average molecular weight is 468 g/mol. The van der Waals surface area contributed by atoms with Gasteiger partial charge < -0.3 is 5.32 Å². The van der Waals surface area contributed by atoms with Crippen LogP contribution in [0, 0.1) is 0 Å². The molecule has 0 saturated carbocycles. The second-order valence-corrected chi connectivity index (χ2v) is 8.12. The van der Waals surface area contributed by atoms with Crippen LogP contribution < -0.4 is 5.32 Å². The van der Waals surface area contributed by atoms with E-state index in [1.54, 1.807) is 0 Å². The predicted molar refractivity (Wildman–Crippen MR) is 89.7 cm³/mol. The summed E-state index contributed by atoms with van der Waals surface area (Å²) in [6.07, 6.45) is 0. The molecule has 2 nitrogen and oxygen atoms in total. The van der Waals surface area contributed by atoms with Crippen molar-refractivity contribution < 1.29 is 4.79 Å². The molecule has 1 N–H and O–H groups in total. The van der Waals surface area contributed by atoms with E-state index >= 15 is 0 Å². The number of hydrogen-bond donors (Lipinski definition) is 1. The zero-order chi connectivity index (χ0) is 14.0. The average Bonchev–Trinajstić information content (AvgIpc) is 2.69. The molecule has 2 aromatic rings. The van der Waals surface area contributed by atoms with Gasteiger partial charge in [0.2, 0.25) is 0 Å². The molecule has 0 aliphatic carbocycles. The highest BCUT2D eigenvalue weighted by Gasteiger charge is 2.15. The molecule has 0 radical (unpaired) electrons. The molecule has 6 heteroatoms. The van der Waals surface area contributed by atoms with Crippen LogP contribution in [0.5, 0.6) is 0 Å². The van der Waals surface area contributed by atoms with Crippen molar-refractivity contribution in [3.05, 3.63) is 53.5 Å². The molecule has 1 atom stereocenters. The maximum absolute atomic E-state index is 12.1. The van der Waals surface area contributed by atoms with Crippen molar-refractivity contribution in [1.82, 2.24) is 5.32 Å². The SMILES string of the molecule is CC(NC(=O)c1cc(Br)c(Br)s1)c1cccc(Br)c1. The van der Waals surface area contributed by atoms with E-state index in [-0.39, 0.29) is 11.9 Å². The summed E-state index contributed by atoms with van der Waals surface area (Å²) in [4.78, 5) is 12.8. The van der Waals surface area contributed by atoms with Crippen LogP contribution in [0.15, 0.2) is 43.1 Å². The normalized spacial score (nSPS) is 12.2. The van der Waals surface area contributed by atoms with Crippen molar-refractivity contribution in [3.63, 3.8) is 0 Å². The lowest BCUT2D eigenvalue weighted by atomic mass is 10.1. The Bertz CT molecular complexity index is 592. The molecule has 0 aliphatic heterocycles. The van der Waals surface area contributed by atoms with E-state index < -0.39 is 0 Å². The number of carbonyl (C=O) groups excluding carboxylic acids is 1. The Morgan fingerprint density at radius 1 is 1.26 bits per heavy atom. The van der Waals surface area contributed by atoms with E-state index in [2.05, 4.69) is 53.1 Å². The summed E-state index contributed by atoms with van der Waals surface area (Å²) in [7, 11) is 0. The summed E-state index contributed by atoms with van der Waals surface area (Å²) in [6.45, 7) is 1.97. The first kappa shape index (κ1) is 15.2. The van der Waals surface area contributed by atoms with Crippen molar-refractivity contribution in [2.24, 2.45) is 0 Å². The molecule has 0 saturated heterocycles. The lowest BCUT2D eigenvalue weighted by Gasteiger charge is -2.13. The fraction of sp³-hybridized carbons (Fsp3) is 0.154. The fourth-order valence-corrected chi connectivity index (χ4v) is 3.94. The maximum atomic E-state index is 12.1. The molecule has 0 aliphatic rings. The molecule has 1 amide bonds. The van der Waals surface area contributed by atoms with Crippen LogP contribution in [-0.4, -0.2) is 5.91 Å². The van der Waals surface area contributed by atoms with Gasteiger partial charge in [0.1, 0.15) is 0 Å². The van der Waals surface area contributed by atoms with Crippen molar-refractivity contribution in [3.8, 4) is 0 Å². The van der Waals surface area contributed by atoms with Crippen LogP contribution in [0.3, 0.4) is 0 Å². The summed E-state index contributed by atoms with van der Waals surface area (Å²) >= 11 is 11.6. The molecule has 100 valence electrons. The minimum absolute atomic E-state index is 0.0374. The van der Waals surface area contributed by atoms with Gasteiger partial charge in [0.15, 0.2) is 0 Å². The number of thiophene rings is 1. The summed E-state index contributed by atoms with van der Waals surface area (Å²) in [5, 5.41) is 2.99. The van der Waals surface area contributed by atoms with Gasteiger partial charge in [-0.25, -0.2) is 0 Å². The van der Waals surface area contributed by atoms with Crippen LogP contribution in [0.1, 0.15) is 28.2 Å². The molecule has 0 bridgehead atoms. The topological polar surface area (TPSA) is 29.1 Å². The first-order valence-electron chi connectivity index (χ1n) is 5.48. The fourth-order valence-electron chi connectivity index (χ4n) is 1.59. The Labute approximate surface area is 141 Å². The minimum atomic E-state index is -0.0659. The van der Waals surface area contributed by atoms with Crippen molar-refractivity contribution in [2.75, 3.05) is 0 Å². The number of amides is 1. The Hall–Kier alpha value is -0.170. The van der Waals surface area contributed by atoms with Gasteiger partial charge in [0.25, 0.3) is 5.91 Å². The van der Waals surface area contributed by atoms with Gasteiger partial charge >= 0.3 is 0 Å². The number of benzene rings is 1. The van der Waals surface area contributed by atoms with Crippen LogP contribution in [0.2, 0.25) is 0 Å². The Morgan fingerprint density at radius 2 is 2.00 bits per heavy atom. The highest BCUT2D eigenvalue weighted by molar-refractivity contribution is 9.13. The molecule has 0 fully saturated rings. The summed E-state index contributed by atoms with van der Waals surface area (Å²) in [5.74, 6) is -0.0659. The molecular weight excluding hydrogens is 458 g/mol. The van der Waals surface area contributed by atoms with Gasteiger partial charge in [-0.05, 0) is 62.5 Å². The van der Waals surface area contributed by atoms with Gasteiger partial charge in [0, 0.05) is 8.95 Å². The van der Waals surface area contributed by atoms with E-state index in [9.17, 15) is 4.79 Å². The van der Waals surface area contributed by atoms with Gasteiger partial charge in [-0.15, -0.1) is 11.3 Å². The van der Waals surface area contributed by atoms with Crippen molar-refractivity contribution >= 4 is 65.0 Å². The molecule has 0 spiro atoms. The molecular formula is C13H10Br3NOS. The monoisotopic (exact) mass is 465 g/mol. The number of halogens is 3. The third kappa shape index (κ3) is 3.90. The zero-order valence-electron chi connectivity index (χ0n) is 9.91. The number of rotatable bonds is 3. The summed E-state index contributed by atoms with van der Waals surface area (Å²) in [6, 6.07) is 9.70. The van der Waals surface area contributed by atoms with Crippen LogP contribution in [0.25, 0.3) is 0 Å². The third-order valence-electron chi connectivity index (χ3n) is 2.57. The number of nitrogens with one attached hydrogen (secondary N) is 1. The second kappa shape index (κ2) is 6.52. The maximum Gasteiger partial charge on any atom is 0.261 e. The zero-order valence-corrected chi connectivity index (χ0v) is 15.5. The molecule has 2 rings (SSSR count). The Morgan fingerprint density at radius 3 is 2.58 bits per heavy atom. The molecule has 1 unspecified atom stereocenters. The van der Waals surface area contributed by atoms with Crippen molar-refractivity contribution in [2.45, 2.75) is 13.0 Å². The third-order valence-corrected chi connectivity index (χ3v) is 6.31. The standard InChI is InChI=1S/C13H10Br3NOS/c1-7(8-3-2-4-9(14)5-8)17-13(18)11-6-10(15)12(16)19-11/h2-7H,1H3,(H,17,18). The predicted octanol–water partition coefficient (Wildman–Crippen LogP) is 5.53. The van der Waals surface area contributed by atoms with E-state index in [1.807, 2.05) is 37.3 Å². The first-order valence-corrected chi connectivity index (χ1v) is 8.68. The molecule has 1 heterocycles. The van der Waals surface area contributed by atoms with Crippen molar-refractivity contribution in [1.29, 1.82) is 0 Å². The van der Waals surface area contributed by atoms with Crippen LogP contribution in [-0.2, 0) is 0 Å². The minimum Gasteiger partial charge on any atom is -0.345 e. The van der Waals surface area contributed by atoms with Gasteiger partial charge in [0.05, 0.1) is 14.7 Å². The highest BCUT2D eigenvalue weighted by atomic mass is 79.9. The number of hydrogen-bond acceptors (Lipinski definition) is 2.